The molecule has 1 aromatic rings. The van der Waals surface area contributed by atoms with Gasteiger partial charge in [0.25, 0.3) is 0 Å². The molecule has 0 N–H and O–H groups in total. The van der Waals surface area contributed by atoms with Gasteiger partial charge in [0.1, 0.15) is 22.1 Å². The Hall–Kier alpha value is -1.41. The minimum absolute atomic E-state index is 0.297. The number of hydrogen-bond acceptors (Lipinski definition) is 2. The Bertz CT molecular complexity index is 536. The van der Waals surface area contributed by atoms with E-state index in [2.05, 4.69) is 6.58 Å². The Morgan fingerprint density at radius 2 is 1.94 bits per heavy atom. The summed E-state index contributed by atoms with van der Waals surface area (Å²) < 4.78 is 11.4. The Balaban J connectivity index is 2.49. The standard InChI is InChI=1S/C15H17ClO2/c1-9-8-10(2)17-14-11(9)6-7-12(13(14)16)18-15(3,4)5/h6-8H,2H2,1,3-5H3. The lowest BCUT2D eigenvalue weighted by Crippen LogP contribution is -2.23. The van der Waals surface area contributed by atoms with E-state index < -0.39 is 0 Å². The second-order valence-corrected chi connectivity index (χ2v) is 5.74. The predicted molar refractivity (Wildman–Crippen MR) is 75.3 cm³/mol. The molecule has 0 aliphatic carbocycles. The van der Waals surface area contributed by atoms with Crippen molar-refractivity contribution in [2.24, 2.45) is 0 Å². The molecule has 0 amide bonds. The highest BCUT2D eigenvalue weighted by molar-refractivity contribution is 6.34. The van der Waals surface area contributed by atoms with E-state index in [0.29, 0.717) is 22.3 Å². The second kappa shape index (κ2) is 4.36. The van der Waals surface area contributed by atoms with Gasteiger partial charge in [-0.25, -0.2) is 0 Å². The first-order valence-corrected chi connectivity index (χ1v) is 6.23. The third-order valence-corrected chi connectivity index (χ3v) is 2.87. The molecule has 0 bridgehead atoms. The highest BCUT2D eigenvalue weighted by Crippen LogP contribution is 2.44. The van der Waals surface area contributed by atoms with Crippen LogP contribution in [-0.4, -0.2) is 5.60 Å². The van der Waals surface area contributed by atoms with Gasteiger partial charge in [-0.1, -0.05) is 18.2 Å². The summed E-state index contributed by atoms with van der Waals surface area (Å²) in [6.45, 7) is 11.8. The maximum atomic E-state index is 6.35. The van der Waals surface area contributed by atoms with Gasteiger partial charge in [-0.2, -0.15) is 0 Å². The number of rotatable bonds is 1. The van der Waals surface area contributed by atoms with E-state index >= 15 is 0 Å². The first-order chi connectivity index (χ1) is 8.28. The Kier molecular flexibility index (Phi) is 3.16. The van der Waals surface area contributed by atoms with Crippen molar-refractivity contribution in [2.75, 3.05) is 0 Å². The third kappa shape index (κ3) is 2.54. The number of ether oxygens (including phenoxy) is 2. The molecule has 96 valence electrons. The van der Waals surface area contributed by atoms with Gasteiger partial charge in [-0.05, 0) is 51.5 Å². The lowest BCUT2D eigenvalue weighted by Gasteiger charge is -2.25. The van der Waals surface area contributed by atoms with Gasteiger partial charge in [0, 0.05) is 5.56 Å². The quantitative estimate of drug-likeness (QED) is 0.723. The van der Waals surface area contributed by atoms with Crippen molar-refractivity contribution in [3.8, 4) is 11.5 Å². The third-order valence-electron chi connectivity index (χ3n) is 2.51. The molecule has 0 aromatic heterocycles. The number of benzene rings is 1. The van der Waals surface area contributed by atoms with Crippen molar-refractivity contribution in [1.82, 2.24) is 0 Å². The molecule has 1 aliphatic heterocycles. The highest BCUT2D eigenvalue weighted by Gasteiger charge is 2.22. The number of allylic oxidation sites excluding steroid dienone is 2. The Labute approximate surface area is 113 Å². The molecule has 0 radical (unpaired) electrons. The summed E-state index contributed by atoms with van der Waals surface area (Å²) in [5.41, 5.74) is 1.77. The minimum Gasteiger partial charge on any atom is -0.486 e. The first-order valence-electron chi connectivity index (χ1n) is 5.85. The van der Waals surface area contributed by atoms with Crippen LogP contribution in [-0.2, 0) is 0 Å². The van der Waals surface area contributed by atoms with Crippen LogP contribution in [0.2, 0.25) is 5.02 Å². The normalized spacial score (nSPS) is 14.7. The van der Waals surface area contributed by atoms with Crippen LogP contribution in [0.3, 0.4) is 0 Å². The van der Waals surface area contributed by atoms with E-state index in [4.69, 9.17) is 21.1 Å². The van der Waals surface area contributed by atoms with Crippen LogP contribution in [0.25, 0.3) is 5.57 Å². The molecule has 0 saturated heterocycles. The molecule has 0 atom stereocenters. The maximum absolute atomic E-state index is 6.35. The molecule has 0 saturated carbocycles. The fraction of sp³-hybridized carbons (Fsp3) is 0.333. The number of halogens is 1. The van der Waals surface area contributed by atoms with Crippen molar-refractivity contribution in [1.29, 1.82) is 0 Å². The zero-order chi connectivity index (χ0) is 13.5. The molecule has 3 heteroatoms. The van der Waals surface area contributed by atoms with Crippen LogP contribution < -0.4 is 9.47 Å². The van der Waals surface area contributed by atoms with Gasteiger partial charge in [0.15, 0.2) is 5.75 Å². The van der Waals surface area contributed by atoms with E-state index in [0.717, 1.165) is 11.1 Å². The molecule has 2 nitrogen and oxygen atoms in total. The van der Waals surface area contributed by atoms with E-state index in [1.54, 1.807) is 0 Å². The zero-order valence-electron chi connectivity index (χ0n) is 11.1. The predicted octanol–water partition coefficient (Wildman–Crippen LogP) is 4.83. The van der Waals surface area contributed by atoms with Gasteiger partial charge in [-0.15, -0.1) is 0 Å². The van der Waals surface area contributed by atoms with Gasteiger partial charge >= 0.3 is 0 Å². The molecule has 2 rings (SSSR count). The summed E-state index contributed by atoms with van der Waals surface area (Å²) in [6, 6.07) is 3.84. The summed E-state index contributed by atoms with van der Waals surface area (Å²) in [4.78, 5) is 0. The molecule has 0 spiro atoms. The molecule has 0 fully saturated rings. The summed E-state index contributed by atoms with van der Waals surface area (Å²) in [5, 5.41) is 0.496. The Morgan fingerprint density at radius 1 is 1.28 bits per heavy atom. The SMILES string of the molecule is C=C1C=C(C)c2ccc(OC(C)(C)C)c(Cl)c2O1. The number of fused-ring (bicyclic) bond motifs is 1. The van der Waals surface area contributed by atoms with Gasteiger partial charge < -0.3 is 9.47 Å². The van der Waals surface area contributed by atoms with E-state index in [-0.39, 0.29) is 5.60 Å². The van der Waals surface area contributed by atoms with Crippen molar-refractivity contribution in [3.05, 3.63) is 41.1 Å². The topological polar surface area (TPSA) is 18.5 Å². The highest BCUT2D eigenvalue weighted by atomic mass is 35.5. The van der Waals surface area contributed by atoms with Crippen LogP contribution in [0.1, 0.15) is 33.3 Å². The second-order valence-electron chi connectivity index (χ2n) is 5.36. The maximum Gasteiger partial charge on any atom is 0.157 e. The molecular formula is C15H17ClO2. The van der Waals surface area contributed by atoms with Crippen molar-refractivity contribution in [2.45, 2.75) is 33.3 Å². The first kappa shape index (κ1) is 13.0. The van der Waals surface area contributed by atoms with Crippen molar-refractivity contribution in [3.63, 3.8) is 0 Å². The van der Waals surface area contributed by atoms with Gasteiger partial charge in [0.05, 0.1) is 0 Å². The van der Waals surface area contributed by atoms with Crippen molar-refractivity contribution >= 4 is 17.2 Å². The van der Waals surface area contributed by atoms with Crippen LogP contribution in [0.4, 0.5) is 0 Å². The Morgan fingerprint density at radius 3 is 2.56 bits per heavy atom. The fourth-order valence-corrected chi connectivity index (χ4v) is 2.08. The lowest BCUT2D eigenvalue weighted by molar-refractivity contribution is 0.130. The smallest absolute Gasteiger partial charge is 0.157 e. The molecule has 1 aliphatic rings. The van der Waals surface area contributed by atoms with Crippen LogP contribution in [0, 0.1) is 0 Å². The largest absolute Gasteiger partial charge is 0.486 e. The van der Waals surface area contributed by atoms with E-state index in [1.165, 1.54) is 0 Å². The minimum atomic E-state index is -0.297. The van der Waals surface area contributed by atoms with E-state index in [9.17, 15) is 0 Å². The van der Waals surface area contributed by atoms with Crippen LogP contribution in [0.5, 0.6) is 11.5 Å². The lowest BCUT2D eigenvalue weighted by atomic mass is 10.0. The van der Waals surface area contributed by atoms with Gasteiger partial charge in [0.2, 0.25) is 0 Å². The van der Waals surface area contributed by atoms with Crippen LogP contribution in [0.15, 0.2) is 30.5 Å². The van der Waals surface area contributed by atoms with Crippen LogP contribution >= 0.6 is 11.6 Å². The molecular weight excluding hydrogens is 248 g/mol. The molecule has 18 heavy (non-hydrogen) atoms. The monoisotopic (exact) mass is 264 g/mol. The zero-order valence-corrected chi connectivity index (χ0v) is 11.9. The van der Waals surface area contributed by atoms with Crippen molar-refractivity contribution < 1.29 is 9.47 Å². The summed E-state index contributed by atoms with van der Waals surface area (Å²) in [7, 11) is 0. The van der Waals surface area contributed by atoms with Gasteiger partial charge in [-0.3, -0.25) is 0 Å². The molecule has 1 aromatic carbocycles. The van der Waals surface area contributed by atoms with E-state index in [1.807, 2.05) is 45.9 Å². The summed E-state index contributed by atoms with van der Waals surface area (Å²) in [5.74, 6) is 1.85. The average molecular weight is 265 g/mol. The number of hydrogen-bond donors (Lipinski definition) is 0. The summed E-state index contributed by atoms with van der Waals surface area (Å²) in [6.07, 6.45) is 1.89. The summed E-state index contributed by atoms with van der Waals surface area (Å²) >= 11 is 6.35. The molecule has 0 unspecified atom stereocenters. The average Bonchev–Trinajstić information content (AvgIpc) is 2.21. The molecule has 1 heterocycles. The fourth-order valence-electron chi connectivity index (χ4n) is 1.84.